The van der Waals surface area contributed by atoms with Crippen LogP contribution in [0.15, 0.2) is 18.3 Å². The van der Waals surface area contributed by atoms with E-state index in [9.17, 15) is 9.50 Å². The summed E-state index contributed by atoms with van der Waals surface area (Å²) in [5, 5.41) is 9.95. The van der Waals surface area contributed by atoms with Crippen LogP contribution in [-0.4, -0.2) is 34.6 Å². The molecule has 2 N–H and O–H groups in total. The van der Waals surface area contributed by atoms with E-state index in [1.54, 1.807) is 6.07 Å². The number of aromatic hydroxyl groups is 1. The summed E-state index contributed by atoms with van der Waals surface area (Å²) in [6.45, 7) is 7.12. The zero-order valence-electron chi connectivity index (χ0n) is 10.8. The molecule has 2 rings (SSSR count). The molecular formula is C14H19FN2O. The van der Waals surface area contributed by atoms with Gasteiger partial charge in [0.15, 0.2) is 11.6 Å². The summed E-state index contributed by atoms with van der Waals surface area (Å²) < 4.78 is 13.9. The zero-order chi connectivity index (χ0) is 13.1. The Morgan fingerprint density at radius 3 is 2.67 bits per heavy atom. The molecule has 0 aliphatic rings. The number of aromatic nitrogens is 1. The Hall–Kier alpha value is -1.55. The van der Waals surface area contributed by atoms with Gasteiger partial charge in [0.25, 0.3) is 0 Å². The maximum atomic E-state index is 13.9. The topological polar surface area (TPSA) is 39.3 Å². The number of rotatable bonds is 5. The van der Waals surface area contributed by atoms with Gasteiger partial charge in [-0.1, -0.05) is 13.8 Å². The van der Waals surface area contributed by atoms with Crippen LogP contribution in [0.25, 0.3) is 10.9 Å². The van der Waals surface area contributed by atoms with Crippen LogP contribution in [0.5, 0.6) is 5.75 Å². The molecule has 4 heteroatoms. The second-order valence-corrected chi connectivity index (χ2v) is 4.41. The fraction of sp³-hybridized carbons (Fsp3) is 0.429. The molecule has 0 saturated heterocycles. The van der Waals surface area contributed by atoms with Gasteiger partial charge in [0.2, 0.25) is 0 Å². The van der Waals surface area contributed by atoms with Crippen molar-refractivity contribution in [1.29, 1.82) is 0 Å². The lowest BCUT2D eigenvalue weighted by Gasteiger charge is -2.17. The molecule has 18 heavy (non-hydrogen) atoms. The SMILES string of the molecule is CCN(CC)CCc1c[nH]c2ccc(O)c(F)c12. The minimum absolute atomic E-state index is 0.286. The summed E-state index contributed by atoms with van der Waals surface area (Å²) in [5.74, 6) is -0.811. The summed E-state index contributed by atoms with van der Waals surface area (Å²) in [4.78, 5) is 5.34. The molecule has 1 aromatic heterocycles. The van der Waals surface area contributed by atoms with E-state index in [4.69, 9.17) is 0 Å². The average Bonchev–Trinajstić information content (AvgIpc) is 2.79. The van der Waals surface area contributed by atoms with Gasteiger partial charge in [0.05, 0.1) is 0 Å². The van der Waals surface area contributed by atoms with Crippen molar-refractivity contribution in [2.24, 2.45) is 0 Å². The third kappa shape index (κ3) is 2.34. The molecule has 0 aliphatic carbocycles. The van der Waals surface area contributed by atoms with E-state index in [2.05, 4.69) is 23.7 Å². The van der Waals surface area contributed by atoms with Gasteiger partial charge in [0, 0.05) is 23.6 Å². The van der Waals surface area contributed by atoms with Crippen molar-refractivity contribution in [2.75, 3.05) is 19.6 Å². The molecule has 0 radical (unpaired) electrons. The summed E-state index contributed by atoms with van der Waals surface area (Å²) in [5.41, 5.74) is 1.66. The maximum Gasteiger partial charge on any atom is 0.174 e. The minimum Gasteiger partial charge on any atom is -0.505 e. The maximum absolute atomic E-state index is 13.9. The van der Waals surface area contributed by atoms with Crippen molar-refractivity contribution in [3.05, 3.63) is 29.7 Å². The highest BCUT2D eigenvalue weighted by molar-refractivity contribution is 5.85. The van der Waals surface area contributed by atoms with Crippen LogP contribution in [-0.2, 0) is 6.42 Å². The fourth-order valence-electron chi connectivity index (χ4n) is 2.25. The smallest absolute Gasteiger partial charge is 0.174 e. The standard InChI is InChI=1S/C14H19FN2O/c1-3-17(4-2)8-7-10-9-16-11-5-6-12(18)14(15)13(10)11/h5-6,9,16,18H,3-4,7-8H2,1-2H3. The first kappa shape index (κ1) is 12.9. The summed E-state index contributed by atoms with van der Waals surface area (Å²) >= 11 is 0. The Labute approximate surface area is 106 Å². The molecule has 2 aromatic rings. The van der Waals surface area contributed by atoms with E-state index in [-0.39, 0.29) is 5.75 Å². The van der Waals surface area contributed by atoms with E-state index < -0.39 is 5.82 Å². The monoisotopic (exact) mass is 250 g/mol. The molecule has 0 atom stereocenters. The number of likely N-dealkylation sites (N-methyl/N-ethyl adjacent to an activating group) is 1. The highest BCUT2D eigenvalue weighted by Gasteiger charge is 2.12. The number of phenolic OH excluding ortho intramolecular Hbond substituents is 1. The number of hydrogen-bond acceptors (Lipinski definition) is 2. The number of H-pyrrole nitrogens is 1. The number of phenols is 1. The summed E-state index contributed by atoms with van der Waals surface area (Å²) in [7, 11) is 0. The molecule has 1 aromatic carbocycles. The van der Waals surface area contributed by atoms with Crippen LogP contribution in [0, 0.1) is 5.82 Å². The largest absolute Gasteiger partial charge is 0.505 e. The lowest BCUT2D eigenvalue weighted by molar-refractivity contribution is 0.308. The minimum atomic E-state index is -0.525. The van der Waals surface area contributed by atoms with Gasteiger partial charge in [-0.05, 0) is 37.2 Å². The molecule has 0 fully saturated rings. The second kappa shape index (κ2) is 5.40. The lowest BCUT2D eigenvalue weighted by Crippen LogP contribution is -2.25. The van der Waals surface area contributed by atoms with Crippen LogP contribution in [0.2, 0.25) is 0 Å². The number of nitrogens with one attached hydrogen (secondary N) is 1. The van der Waals surface area contributed by atoms with Crippen LogP contribution in [0.4, 0.5) is 4.39 Å². The van der Waals surface area contributed by atoms with Crippen molar-refractivity contribution in [2.45, 2.75) is 20.3 Å². The summed E-state index contributed by atoms with van der Waals surface area (Å²) in [6, 6.07) is 3.08. The first-order chi connectivity index (χ1) is 8.67. The van der Waals surface area contributed by atoms with Crippen molar-refractivity contribution in [3.8, 4) is 5.75 Å². The van der Waals surface area contributed by atoms with Crippen molar-refractivity contribution >= 4 is 10.9 Å². The van der Waals surface area contributed by atoms with Crippen molar-refractivity contribution < 1.29 is 9.50 Å². The molecule has 0 spiro atoms. The fourth-order valence-corrected chi connectivity index (χ4v) is 2.25. The molecule has 0 unspecified atom stereocenters. The van der Waals surface area contributed by atoms with Gasteiger partial charge in [-0.15, -0.1) is 0 Å². The van der Waals surface area contributed by atoms with Gasteiger partial charge < -0.3 is 15.0 Å². The van der Waals surface area contributed by atoms with E-state index in [1.165, 1.54) is 6.07 Å². The van der Waals surface area contributed by atoms with E-state index >= 15 is 0 Å². The normalized spacial score (nSPS) is 11.6. The van der Waals surface area contributed by atoms with Crippen LogP contribution in [0.1, 0.15) is 19.4 Å². The number of aromatic amines is 1. The highest BCUT2D eigenvalue weighted by atomic mass is 19.1. The molecule has 1 heterocycles. The van der Waals surface area contributed by atoms with Gasteiger partial charge in [-0.2, -0.15) is 0 Å². The first-order valence-electron chi connectivity index (χ1n) is 6.37. The van der Waals surface area contributed by atoms with E-state index in [1.807, 2.05) is 6.20 Å². The number of hydrogen-bond donors (Lipinski definition) is 2. The quantitative estimate of drug-likeness (QED) is 0.856. The lowest BCUT2D eigenvalue weighted by atomic mass is 10.1. The predicted molar refractivity (Wildman–Crippen MR) is 71.4 cm³/mol. The Morgan fingerprint density at radius 2 is 2.00 bits per heavy atom. The van der Waals surface area contributed by atoms with Gasteiger partial charge >= 0.3 is 0 Å². The molecule has 0 aliphatic heterocycles. The third-order valence-corrected chi connectivity index (χ3v) is 3.44. The molecule has 0 saturated carbocycles. The number of fused-ring (bicyclic) bond motifs is 1. The Kier molecular flexibility index (Phi) is 3.87. The second-order valence-electron chi connectivity index (χ2n) is 4.41. The number of benzene rings is 1. The molecular weight excluding hydrogens is 231 g/mol. The molecule has 0 bridgehead atoms. The Bertz CT molecular complexity index is 532. The van der Waals surface area contributed by atoms with Gasteiger partial charge in [-0.25, -0.2) is 4.39 Å². The highest BCUT2D eigenvalue weighted by Crippen LogP contribution is 2.28. The number of halogens is 1. The Balaban J connectivity index is 2.26. The van der Waals surface area contributed by atoms with Gasteiger partial charge in [0.1, 0.15) is 0 Å². The van der Waals surface area contributed by atoms with Crippen LogP contribution >= 0.6 is 0 Å². The molecule has 98 valence electrons. The summed E-state index contributed by atoms with van der Waals surface area (Å²) in [6.07, 6.45) is 2.61. The molecule has 0 amide bonds. The third-order valence-electron chi connectivity index (χ3n) is 3.44. The van der Waals surface area contributed by atoms with Gasteiger partial charge in [-0.3, -0.25) is 0 Å². The van der Waals surface area contributed by atoms with Crippen molar-refractivity contribution in [1.82, 2.24) is 9.88 Å². The number of nitrogens with zero attached hydrogens (tertiary/aromatic N) is 1. The first-order valence-corrected chi connectivity index (χ1v) is 6.37. The molecule has 3 nitrogen and oxygen atoms in total. The predicted octanol–water partition coefficient (Wildman–Crippen LogP) is 2.90. The van der Waals surface area contributed by atoms with E-state index in [0.717, 1.165) is 37.1 Å². The van der Waals surface area contributed by atoms with Crippen molar-refractivity contribution in [3.63, 3.8) is 0 Å². The van der Waals surface area contributed by atoms with E-state index in [0.29, 0.717) is 5.39 Å². The van der Waals surface area contributed by atoms with Crippen LogP contribution in [0.3, 0.4) is 0 Å². The van der Waals surface area contributed by atoms with Crippen LogP contribution < -0.4 is 0 Å². The zero-order valence-corrected chi connectivity index (χ0v) is 10.8. The Morgan fingerprint density at radius 1 is 1.28 bits per heavy atom. The average molecular weight is 250 g/mol.